The molecule has 1 amide bonds. The van der Waals surface area contributed by atoms with Gasteiger partial charge in [0, 0.05) is 12.0 Å². The van der Waals surface area contributed by atoms with Crippen LogP contribution in [0.1, 0.15) is 13.8 Å². The van der Waals surface area contributed by atoms with E-state index in [9.17, 15) is 4.79 Å². The van der Waals surface area contributed by atoms with Crippen LogP contribution >= 0.6 is 11.6 Å². The van der Waals surface area contributed by atoms with E-state index >= 15 is 0 Å². The molecule has 0 unspecified atom stereocenters. The van der Waals surface area contributed by atoms with Gasteiger partial charge in [0.15, 0.2) is 0 Å². The summed E-state index contributed by atoms with van der Waals surface area (Å²) in [6.45, 7) is 3.41. The van der Waals surface area contributed by atoms with Gasteiger partial charge in [0.05, 0.1) is 6.61 Å². The van der Waals surface area contributed by atoms with Crippen molar-refractivity contribution in [2.75, 3.05) is 6.61 Å². The number of carbonyl (C=O) groups is 1. The summed E-state index contributed by atoms with van der Waals surface area (Å²) in [6.07, 6.45) is 1.65. The molecule has 0 aromatic rings. The zero-order chi connectivity index (χ0) is 7.98. The highest BCUT2D eigenvalue weighted by Crippen LogP contribution is 1.95. The maximum Gasteiger partial charge on any atom is 0.240 e. The van der Waals surface area contributed by atoms with Crippen LogP contribution in [0, 0.1) is 0 Å². The molecule has 0 aromatic carbocycles. The van der Waals surface area contributed by atoms with Gasteiger partial charge in [-0.05, 0) is 13.0 Å². The molecule has 0 heterocycles. The first-order chi connectivity index (χ1) is 4.63. The van der Waals surface area contributed by atoms with Crippen LogP contribution in [0.5, 0.6) is 0 Å². The minimum absolute atomic E-state index is 0.222. The molecule has 3 nitrogen and oxygen atoms in total. The van der Waals surface area contributed by atoms with E-state index in [0.29, 0.717) is 11.6 Å². The first-order valence-corrected chi connectivity index (χ1v) is 3.21. The van der Waals surface area contributed by atoms with Gasteiger partial charge in [-0.15, -0.1) is 0 Å². The summed E-state index contributed by atoms with van der Waals surface area (Å²) < 4.78 is 0. The third-order valence-electron chi connectivity index (χ3n) is 0.664. The summed E-state index contributed by atoms with van der Waals surface area (Å²) in [4.78, 5) is 14.8. The standard InChI is InChI=1S/C6H10ClNO2/c1-5(7)3-4-10-8-6(2)9/h3H,4H2,1-2H3,(H,8,9)/b5-3-. The Kier molecular flexibility index (Phi) is 4.98. The van der Waals surface area contributed by atoms with Crippen LogP contribution < -0.4 is 5.48 Å². The number of allylic oxidation sites excluding steroid dienone is 1. The molecule has 0 spiro atoms. The number of hydrogen-bond acceptors (Lipinski definition) is 2. The van der Waals surface area contributed by atoms with E-state index in [-0.39, 0.29) is 5.91 Å². The van der Waals surface area contributed by atoms with Crippen molar-refractivity contribution >= 4 is 17.5 Å². The van der Waals surface area contributed by atoms with Crippen LogP contribution in [-0.2, 0) is 9.63 Å². The van der Waals surface area contributed by atoms with E-state index in [4.69, 9.17) is 11.6 Å². The van der Waals surface area contributed by atoms with Crippen molar-refractivity contribution in [3.05, 3.63) is 11.1 Å². The second-order valence-corrected chi connectivity index (χ2v) is 2.36. The van der Waals surface area contributed by atoms with Gasteiger partial charge in [0.25, 0.3) is 0 Å². The van der Waals surface area contributed by atoms with Crippen LogP contribution in [0.25, 0.3) is 0 Å². The molecular weight excluding hydrogens is 154 g/mol. The molecule has 0 saturated carbocycles. The van der Waals surface area contributed by atoms with Crippen LogP contribution in [0.2, 0.25) is 0 Å². The molecule has 0 aliphatic carbocycles. The van der Waals surface area contributed by atoms with Crippen molar-refractivity contribution in [3.8, 4) is 0 Å². The van der Waals surface area contributed by atoms with E-state index < -0.39 is 0 Å². The number of nitrogens with one attached hydrogen (secondary N) is 1. The molecule has 0 aromatic heterocycles. The van der Waals surface area contributed by atoms with Gasteiger partial charge in [-0.25, -0.2) is 5.48 Å². The Hall–Kier alpha value is -0.540. The van der Waals surface area contributed by atoms with Crippen LogP contribution in [0.4, 0.5) is 0 Å². The lowest BCUT2D eigenvalue weighted by Gasteiger charge is -1.97. The van der Waals surface area contributed by atoms with Gasteiger partial charge in [-0.2, -0.15) is 0 Å². The third-order valence-corrected chi connectivity index (χ3v) is 0.818. The highest BCUT2D eigenvalue weighted by atomic mass is 35.5. The second kappa shape index (κ2) is 5.26. The monoisotopic (exact) mass is 163 g/mol. The average molecular weight is 164 g/mol. The van der Waals surface area contributed by atoms with E-state index in [0.717, 1.165) is 0 Å². The molecule has 58 valence electrons. The Morgan fingerprint density at radius 3 is 2.70 bits per heavy atom. The fraction of sp³-hybridized carbons (Fsp3) is 0.500. The lowest BCUT2D eigenvalue weighted by Crippen LogP contribution is -2.20. The maximum absolute atomic E-state index is 10.2. The van der Waals surface area contributed by atoms with Crippen molar-refractivity contribution in [2.45, 2.75) is 13.8 Å². The van der Waals surface area contributed by atoms with Crippen molar-refractivity contribution in [1.29, 1.82) is 0 Å². The lowest BCUT2D eigenvalue weighted by molar-refractivity contribution is -0.130. The third kappa shape index (κ3) is 7.46. The fourth-order valence-electron chi connectivity index (χ4n) is 0.300. The Balaban J connectivity index is 3.21. The smallest absolute Gasteiger partial charge is 0.240 e. The number of hydrogen-bond donors (Lipinski definition) is 1. The normalized spacial score (nSPS) is 11.3. The molecule has 0 aliphatic heterocycles. The summed E-state index contributed by atoms with van der Waals surface area (Å²) in [7, 11) is 0. The Bertz CT molecular complexity index is 141. The van der Waals surface area contributed by atoms with Crippen LogP contribution in [-0.4, -0.2) is 12.5 Å². The van der Waals surface area contributed by atoms with Crippen LogP contribution in [0.15, 0.2) is 11.1 Å². The van der Waals surface area contributed by atoms with Gasteiger partial charge in [0.2, 0.25) is 5.91 Å². The molecular formula is C6H10ClNO2. The van der Waals surface area contributed by atoms with Gasteiger partial charge in [-0.1, -0.05) is 11.6 Å². The Morgan fingerprint density at radius 1 is 1.70 bits per heavy atom. The van der Waals surface area contributed by atoms with E-state index in [2.05, 4.69) is 10.3 Å². The number of halogens is 1. The molecule has 0 rings (SSSR count). The largest absolute Gasteiger partial charge is 0.273 e. The van der Waals surface area contributed by atoms with E-state index in [1.807, 2.05) is 0 Å². The molecule has 10 heavy (non-hydrogen) atoms. The predicted octanol–water partition coefficient (Wildman–Crippen LogP) is 1.20. The molecule has 0 saturated heterocycles. The summed E-state index contributed by atoms with van der Waals surface area (Å²) in [5, 5.41) is 0.644. The fourth-order valence-corrected chi connectivity index (χ4v) is 0.363. The number of hydroxylamine groups is 1. The predicted molar refractivity (Wildman–Crippen MR) is 39.4 cm³/mol. The number of carbonyl (C=O) groups excluding carboxylic acids is 1. The van der Waals surface area contributed by atoms with Crippen molar-refractivity contribution in [3.63, 3.8) is 0 Å². The van der Waals surface area contributed by atoms with Crippen molar-refractivity contribution in [1.82, 2.24) is 5.48 Å². The molecule has 1 N–H and O–H groups in total. The first-order valence-electron chi connectivity index (χ1n) is 2.83. The number of amides is 1. The first kappa shape index (κ1) is 9.46. The molecule has 0 bridgehead atoms. The molecule has 0 radical (unpaired) electrons. The minimum atomic E-state index is -0.222. The topological polar surface area (TPSA) is 38.3 Å². The lowest BCUT2D eigenvalue weighted by atomic mass is 10.5. The van der Waals surface area contributed by atoms with Crippen molar-refractivity contribution in [2.24, 2.45) is 0 Å². The summed E-state index contributed by atoms with van der Waals surface area (Å²) >= 11 is 5.46. The summed E-state index contributed by atoms with van der Waals surface area (Å²) in [5.74, 6) is -0.222. The number of rotatable bonds is 3. The molecule has 0 fully saturated rings. The Morgan fingerprint density at radius 2 is 2.30 bits per heavy atom. The van der Waals surface area contributed by atoms with E-state index in [1.54, 1.807) is 13.0 Å². The Labute approximate surface area is 65.0 Å². The highest BCUT2D eigenvalue weighted by Gasteiger charge is 1.86. The second-order valence-electron chi connectivity index (χ2n) is 1.76. The van der Waals surface area contributed by atoms with Crippen molar-refractivity contribution < 1.29 is 9.63 Å². The maximum atomic E-state index is 10.2. The quantitative estimate of drug-likeness (QED) is 0.502. The van der Waals surface area contributed by atoms with Crippen LogP contribution in [0.3, 0.4) is 0 Å². The van der Waals surface area contributed by atoms with Gasteiger partial charge < -0.3 is 0 Å². The summed E-state index contributed by atoms with van der Waals surface area (Å²) in [6, 6.07) is 0. The van der Waals surface area contributed by atoms with E-state index in [1.165, 1.54) is 6.92 Å². The summed E-state index contributed by atoms with van der Waals surface area (Å²) in [5.41, 5.74) is 2.16. The zero-order valence-corrected chi connectivity index (χ0v) is 6.73. The minimum Gasteiger partial charge on any atom is -0.273 e. The molecule has 4 heteroatoms. The SMILES string of the molecule is CC(=O)NOC/C=C(/C)Cl. The molecule has 0 atom stereocenters. The highest BCUT2D eigenvalue weighted by molar-refractivity contribution is 6.29. The van der Waals surface area contributed by atoms with Gasteiger partial charge in [-0.3, -0.25) is 9.63 Å². The van der Waals surface area contributed by atoms with Gasteiger partial charge >= 0.3 is 0 Å². The zero-order valence-electron chi connectivity index (χ0n) is 5.98. The van der Waals surface area contributed by atoms with Gasteiger partial charge in [0.1, 0.15) is 0 Å². The molecule has 0 aliphatic rings. The average Bonchev–Trinajstić information content (AvgIpc) is 1.79.